The summed E-state index contributed by atoms with van der Waals surface area (Å²) in [6, 6.07) is 1.10. The molecule has 0 bridgehead atoms. The molecule has 4 nitrogen and oxygen atoms in total. The van der Waals surface area contributed by atoms with E-state index >= 15 is 0 Å². The van der Waals surface area contributed by atoms with Gasteiger partial charge < -0.3 is 20.1 Å². The van der Waals surface area contributed by atoms with Crippen molar-refractivity contribution >= 4 is 0 Å². The summed E-state index contributed by atoms with van der Waals surface area (Å²) in [7, 11) is 2.20. The molecular weight excluding hydrogens is 264 g/mol. The van der Waals surface area contributed by atoms with Gasteiger partial charge in [0.1, 0.15) is 0 Å². The van der Waals surface area contributed by atoms with E-state index in [4.69, 9.17) is 4.74 Å². The van der Waals surface area contributed by atoms with Crippen molar-refractivity contribution < 1.29 is 9.84 Å². The van der Waals surface area contributed by atoms with Gasteiger partial charge in [-0.15, -0.1) is 0 Å². The molecule has 0 aromatic heterocycles. The fourth-order valence-corrected chi connectivity index (χ4v) is 4.13. The molecule has 0 aromatic rings. The average Bonchev–Trinajstić information content (AvgIpc) is 3.31. The maximum atomic E-state index is 10.3. The Morgan fingerprint density at radius 3 is 2.67 bits per heavy atom. The number of likely N-dealkylation sites (N-methyl/N-ethyl adjacent to an activating group) is 1. The lowest BCUT2D eigenvalue weighted by Crippen LogP contribution is -2.53. The minimum absolute atomic E-state index is 0.137. The van der Waals surface area contributed by atoms with Gasteiger partial charge in [0.15, 0.2) is 0 Å². The maximum Gasteiger partial charge on any atom is 0.0695 e. The first kappa shape index (κ1) is 15.7. The molecule has 4 heteroatoms. The summed E-state index contributed by atoms with van der Waals surface area (Å²) >= 11 is 0. The van der Waals surface area contributed by atoms with Crippen LogP contribution in [-0.2, 0) is 4.74 Å². The largest absolute Gasteiger partial charge is 0.391 e. The molecule has 122 valence electrons. The van der Waals surface area contributed by atoms with E-state index in [-0.39, 0.29) is 11.5 Å². The van der Waals surface area contributed by atoms with Crippen molar-refractivity contribution in [3.05, 3.63) is 0 Å². The van der Waals surface area contributed by atoms with Crippen LogP contribution in [0, 0.1) is 5.41 Å². The topological polar surface area (TPSA) is 44.7 Å². The molecule has 0 spiro atoms. The number of ether oxygens (including phenoxy) is 1. The Kier molecular flexibility index (Phi) is 5.20. The highest BCUT2D eigenvalue weighted by atomic mass is 16.5. The van der Waals surface area contributed by atoms with Crippen molar-refractivity contribution in [2.45, 2.75) is 69.6 Å². The summed E-state index contributed by atoms with van der Waals surface area (Å²) in [6.07, 6.45) is 9.53. The second kappa shape index (κ2) is 6.95. The van der Waals surface area contributed by atoms with Gasteiger partial charge in [0.05, 0.1) is 12.7 Å². The fraction of sp³-hybridized carbons (Fsp3) is 1.00. The molecule has 1 aliphatic heterocycles. The van der Waals surface area contributed by atoms with E-state index < -0.39 is 0 Å². The lowest BCUT2D eigenvalue weighted by Gasteiger charge is -2.44. The van der Waals surface area contributed by atoms with Crippen LogP contribution in [0.1, 0.15) is 51.4 Å². The first-order valence-corrected chi connectivity index (χ1v) is 8.88. The number of nitrogens with zero attached hydrogens (tertiary/aromatic N) is 1. The highest BCUT2D eigenvalue weighted by Crippen LogP contribution is 2.33. The van der Waals surface area contributed by atoms with Gasteiger partial charge in [0.2, 0.25) is 0 Å². The third kappa shape index (κ3) is 4.19. The molecule has 1 heterocycles. The van der Waals surface area contributed by atoms with E-state index in [0.29, 0.717) is 6.04 Å². The van der Waals surface area contributed by atoms with Gasteiger partial charge in [-0.2, -0.15) is 0 Å². The van der Waals surface area contributed by atoms with Crippen molar-refractivity contribution in [3.8, 4) is 0 Å². The Bertz CT molecular complexity index is 327. The van der Waals surface area contributed by atoms with Gasteiger partial charge in [0, 0.05) is 37.2 Å². The number of rotatable bonds is 6. The minimum Gasteiger partial charge on any atom is -0.391 e. The average molecular weight is 296 g/mol. The molecule has 0 aromatic carbocycles. The van der Waals surface area contributed by atoms with Crippen LogP contribution in [0.5, 0.6) is 0 Å². The zero-order valence-electron chi connectivity index (χ0n) is 13.5. The first-order valence-electron chi connectivity index (χ1n) is 8.88. The molecule has 3 aliphatic rings. The molecule has 3 fully saturated rings. The monoisotopic (exact) mass is 296 g/mol. The van der Waals surface area contributed by atoms with Crippen LogP contribution < -0.4 is 5.32 Å². The SMILES string of the molecule is CN(CC1(CNC2CC2)CCCOC1)C1CCCCC1O. The van der Waals surface area contributed by atoms with E-state index in [9.17, 15) is 5.11 Å². The first-order chi connectivity index (χ1) is 10.2. The third-order valence-electron chi connectivity index (χ3n) is 5.59. The van der Waals surface area contributed by atoms with Crippen molar-refractivity contribution in [1.29, 1.82) is 0 Å². The zero-order chi connectivity index (χ0) is 14.7. The summed E-state index contributed by atoms with van der Waals surface area (Å²) in [5.74, 6) is 0. The van der Waals surface area contributed by atoms with E-state index in [1.54, 1.807) is 0 Å². The number of aliphatic hydroxyl groups excluding tert-OH is 1. The van der Waals surface area contributed by atoms with E-state index in [1.165, 1.54) is 38.5 Å². The van der Waals surface area contributed by atoms with Gasteiger partial charge >= 0.3 is 0 Å². The number of aliphatic hydroxyl groups is 1. The molecule has 0 radical (unpaired) electrons. The number of hydrogen-bond donors (Lipinski definition) is 2. The maximum absolute atomic E-state index is 10.3. The van der Waals surface area contributed by atoms with Gasteiger partial charge in [-0.05, 0) is 45.6 Å². The molecule has 1 saturated heterocycles. The van der Waals surface area contributed by atoms with Crippen LogP contribution in [0.3, 0.4) is 0 Å². The lowest BCUT2D eigenvalue weighted by molar-refractivity contribution is -0.0460. The Labute approximate surface area is 129 Å². The van der Waals surface area contributed by atoms with E-state index in [1.807, 2.05) is 0 Å². The number of nitrogens with one attached hydrogen (secondary N) is 1. The van der Waals surface area contributed by atoms with E-state index in [2.05, 4.69) is 17.3 Å². The minimum atomic E-state index is -0.137. The van der Waals surface area contributed by atoms with Gasteiger partial charge in [-0.3, -0.25) is 0 Å². The summed E-state index contributed by atoms with van der Waals surface area (Å²) in [6.45, 7) is 3.92. The van der Waals surface area contributed by atoms with Crippen LogP contribution in [0.15, 0.2) is 0 Å². The molecule has 2 N–H and O–H groups in total. The third-order valence-corrected chi connectivity index (χ3v) is 5.59. The molecule has 3 atom stereocenters. The normalized spacial score (nSPS) is 37.9. The van der Waals surface area contributed by atoms with Crippen LogP contribution >= 0.6 is 0 Å². The second-order valence-electron chi connectivity index (χ2n) is 7.65. The van der Waals surface area contributed by atoms with Crippen LogP contribution in [-0.4, -0.2) is 61.5 Å². The van der Waals surface area contributed by atoms with Gasteiger partial charge in [0.25, 0.3) is 0 Å². The fourth-order valence-electron chi connectivity index (χ4n) is 4.13. The van der Waals surface area contributed by atoms with Crippen molar-refractivity contribution in [3.63, 3.8) is 0 Å². The zero-order valence-corrected chi connectivity index (χ0v) is 13.5. The molecule has 2 aliphatic carbocycles. The second-order valence-corrected chi connectivity index (χ2v) is 7.65. The molecule has 21 heavy (non-hydrogen) atoms. The highest BCUT2D eigenvalue weighted by Gasteiger charge is 2.38. The Morgan fingerprint density at radius 2 is 2.00 bits per heavy atom. The predicted molar refractivity (Wildman–Crippen MR) is 84.4 cm³/mol. The highest BCUT2D eigenvalue weighted by molar-refractivity contribution is 4.93. The molecule has 3 unspecified atom stereocenters. The lowest BCUT2D eigenvalue weighted by atomic mass is 9.80. The smallest absolute Gasteiger partial charge is 0.0695 e. The van der Waals surface area contributed by atoms with Crippen molar-refractivity contribution in [2.75, 3.05) is 33.4 Å². The Morgan fingerprint density at radius 1 is 1.19 bits per heavy atom. The Balaban J connectivity index is 1.58. The number of hydrogen-bond acceptors (Lipinski definition) is 4. The van der Waals surface area contributed by atoms with Crippen LogP contribution in [0.2, 0.25) is 0 Å². The Hall–Kier alpha value is -0.160. The van der Waals surface area contributed by atoms with Crippen molar-refractivity contribution in [1.82, 2.24) is 10.2 Å². The predicted octanol–water partition coefficient (Wildman–Crippen LogP) is 1.77. The molecule has 0 amide bonds. The molecular formula is C17H32N2O2. The summed E-state index contributed by atoms with van der Waals surface area (Å²) in [5.41, 5.74) is 0.243. The summed E-state index contributed by atoms with van der Waals surface area (Å²) in [5, 5.41) is 14.0. The summed E-state index contributed by atoms with van der Waals surface area (Å²) < 4.78 is 5.82. The molecule has 3 rings (SSSR count). The quantitative estimate of drug-likeness (QED) is 0.784. The summed E-state index contributed by atoms with van der Waals surface area (Å²) in [4.78, 5) is 2.42. The van der Waals surface area contributed by atoms with Crippen LogP contribution in [0.4, 0.5) is 0 Å². The van der Waals surface area contributed by atoms with Gasteiger partial charge in [-0.1, -0.05) is 12.8 Å². The molecule has 2 saturated carbocycles. The standard InChI is InChI=1S/C17H32N2O2/c1-19(15-5-2-3-6-16(15)20)12-17(9-4-10-21-13-17)11-18-14-7-8-14/h14-16,18,20H,2-13H2,1H3. The van der Waals surface area contributed by atoms with E-state index in [0.717, 1.165) is 45.2 Å². The van der Waals surface area contributed by atoms with Gasteiger partial charge in [-0.25, -0.2) is 0 Å². The van der Waals surface area contributed by atoms with Crippen molar-refractivity contribution in [2.24, 2.45) is 5.41 Å². The van der Waals surface area contributed by atoms with Crippen LogP contribution in [0.25, 0.3) is 0 Å².